The van der Waals surface area contributed by atoms with Crippen molar-refractivity contribution in [2.75, 3.05) is 26.7 Å². The van der Waals surface area contributed by atoms with E-state index in [9.17, 15) is 18.8 Å². The molecule has 0 N–H and O–H groups in total. The van der Waals surface area contributed by atoms with E-state index in [-0.39, 0.29) is 29.8 Å². The lowest BCUT2D eigenvalue weighted by atomic mass is 10.0. The van der Waals surface area contributed by atoms with Gasteiger partial charge in [0.25, 0.3) is 11.1 Å². The Morgan fingerprint density at radius 3 is 2.54 bits per heavy atom. The molecule has 194 valence electrons. The standard InChI is InChI=1S/C28H29FN2O5S/c1-3-7-21-14-20(15-23(35-2)26(21)36-18-19-8-10-22(29)11-9-19)16-24-27(33)31(28(34)37-24)17-25(32)30-12-5-4-6-13-30/h3,8-11,14-16H,1,4-7,12-13,17-18H2,2H3/b24-16-. The van der Waals surface area contributed by atoms with Gasteiger partial charge in [-0.15, -0.1) is 6.58 Å². The second-order valence-corrected chi connectivity index (χ2v) is 9.82. The molecule has 2 aromatic carbocycles. The van der Waals surface area contributed by atoms with E-state index in [0.717, 1.165) is 47.1 Å². The molecule has 2 saturated heterocycles. The fourth-order valence-electron chi connectivity index (χ4n) is 4.29. The van der Waals surface area contributed by atoms with Gasteiger partial charge in [-0.3, -0.25) is 19.3 Å². The maximum atomic E-state index is 13.2. The summed E-state index contributed by atoms with van der Waals surface area (Å²) in [6.07, 6.45) is 6.78. The van der Waals surface area contributed by atoms with Gasteiger partial charge < -0.3 is 14.4 Å². The van der Waals surface area contributed by atoms with Crippen LogP contribution < -0.4 is 9.47 Å². The zero-order chi connectivity index (χ0) is 26.4. The quantitative estimate of drug-likeness (QED) is 0.332. The van der Waals surface area contributed by atoms with Gasteiger partial charge in [-0.2, -0.15) is 0 Å². The van der Waals surface area contributed by atoms with Crippen LogP contribution in [0.15, 0.2) is 54.0 Å². The van der Waals surface area contributed by atoms with Crippen molar-refractivity contribution in [3.05, 3.63) is 76.5 Å². The van der Waals surface area contributed by atoms with Crippen LogP contribution in [-0.2, 0) is 22.6 Å². The highest BCUT2D eigenvalue weighted by Crippen LogP contribution is 2.37. The second kappa shape index (κ2) is 12.1. The third kappa shape index (κ3) is 6.40. The number of thioether (sulfide) groups is 1. The number of hydrogen-bond acceptors (Lipinski definition) is 6. The Kier molecular flexibility index (Phi) is 8.66. The maximum absolute atomic E-state index is 13.2. The first-order valence-electron chi connectivity index (χ1n) is 12.1. The summed E-state index contributed by atoms with van der Waals surface area (Å²) in [6, 6.07) is 9.61. The highest BCUT2D eigenvalue weighted by Gasteiger charge is 2.37. The Labute approximate surface area is 219 Å². The van der Waals surface area contributed by atoms with Crippen molar-refractivity contribution in [2.24, 2.45) is 0 Å². The molecular formula is C28H29FN2O5S. The van der Waals surface area contributed by atoms with E-state index < -0.39 is 11.1 Å². The SMILES string of the molecule is C=CCc1cc(/C=C2\SC(=O)N(CC(=O)N3CCCCC3)C2=O)cc(OC)c1OCc1ccc(F)cc1. The number of piperidine rings is 1. The maximum Gasteiger partial charge on any atom is 0.294 e. The number of ether oxygens (including phenoxy) is 2. The topological polar surface area (TPSA) is 76.2 Å². The number of allylic oxidation sites excluding steroid dienone is 1. The number of imide groups is 1. The summed E-state index contributed by atoms with van der Waals surface area (Å²) in [4.78, 5) is 41.2. The number of carbonyl (C=O) groups is 3. The van der Waals surface area contributed by atoms with Gasteiger partial charge in [0.15, 0.2) is 11.5 Å². The Morgan fingerprint density at radius 1 is 1.14 bits per heavy atom. The van der Waals surface area contributed by atoms with E-state index in [0.29, 0.717) is 36.6 Å². The molecule has 2 heterocycles. The molecule has 0 radical (unpaired) electrons. The van der Waals surface area contributed by atoms with Crippen LogP contribution in [0.1, 0.15) is 36.0 Å². The lowest BCUT2D eigenvalue weighted by Crippen LogP contribution is -2.44. The number of likely N-dealkylation sites (tertiary alicyclic amines) is 1. The minimum atomic E-state index is -0.485. The molecular weight excluding hydrogens is 495 g/mol. The summed E-state index contributed by atoms with van der Waals surface area (Å²) in [5.41, 5.74) is 2.22. The van der Waals surface area contributed by atoms with E-state index in [1.165, 1.54) is 19.2 Å². The smallest absolute Gasteiger partial charge is 0.294 e. The van der Waals surface area contributed by atoms with Crippen molar-refractivity contribution in [3.8, 4) is 11.5 Å². The zero-order valence-corrected chi connectivity index (χ0v) is 21.5. The Bertz CT molecular complexity index is 1220. The summed E-state index contributed by atoms with van der Waals surface area (Å²) >= 11 is 0.816. The summed E-state index contributed by atoms with van der Waals surface area (Å²) in [5, 5.41) is -0.459. The Hall–Kier alpha value is -3.59. The lowest BCUT2D eigenvalue weighted by molar-refractivity contribution is -0.136. The van der Waals surface area contributed by atoms with Gasteiger partial charge in [0, 0.05) is 18.7 Å². The molecule has 0 aliphatic carbocycles. The minimum absolute atomic E-state index is 0.208. The third-order valence-corrected chi connectivity index (χ3v) is 7.12. The Morgan fingerprint density at radius 2 is 1.86 bits per heavy atom. The summed E-state index contributed by atoms with van der Waals surface area (Å²) < 4.78 is 24.8. The number of rotatable bonds is 9. The van der Waals surface area contributed by atoms with Crippen molar-refractivity contribution in [1.82, 2.24) is 9.80 Å². The number of amides is 3. The zero-order valence-electron chi connectivity index (χ0n) is 20.7. The molecule has 2 aromatic rings. The second-order valence-electron chi connectivity index (χ2n) is 8.83. The molecule has 0 saturated carbocycles. The molecule has 2 aliphatic rings. The van der Waals surface area contributed by atoms with Crippen LogP contribution in [0.25, 0.3) is 6.08 Å². The first-order chi connectivity index (χ1) is 17.9. The molecule has 0 atom stereocenters. The van der Waals surface area contributed by atoms with Gasteiger partial charge in [0.05, 0.1) is 12.0 Å². The van der Waals surface area contributed by atoms with Gasteiger partial charge in [-0.05, 0) is 78.9 Å². The number of nitrogens with zero attached hydrogens (tertiary/aromatic N) is 2. The normalized spacial score (nSPS) is 16.9. The van der Waals surface area contributed by atoms with Crippen LogP contribution in [0.4, 0.5) is 9.18 Å². The van der Waals surface area contributed by atoms with Crippen LogP contribution >= 0.6 is 11.8 Å². The first kappa shape index (κ1) is 26.5. The highest BCUT2D eigenvalue weighted by atomic mass is 32.2. The molecule has 7 nitrogen and oxygen atoms in total. The van der Waals surface area contributed by atoms with Crippen LogP contribution in [0.5, 0.6) is 11.5 Å². The molecule has 4 rings (SSSR count). The molecule has 37 heavy (non-hydrogen) atoms. The number of halogens is 1. The van der Waals surface area contributed by atoms with Crippen molar-refractivity contribution in [1.29, 1.82) is 0 Å². The molecule has 9 heteroatoms. The molecule has 0 bridgehead atoms. The van der Waals surface area contributed by atoms with Gasteiger partial charge in [-0.25, -0.2) is 4.39 Å². The predicted octanol–water partition coefficient (Wildman–Crippen LogP) is 5.19. The fourth-order valence-corrected chi connectivity index (χ4v) is 5.13. The van der Waals surface area contributed by atoms with E-state index in [2.05, 4.69) is 6.58 Å². The highest BCUT2D eigenvalue weighted by molar-refractivity contribution is 8.18. The summed E-state index contributed by atoms with van der Waals surface area (Å²) in [5.74, 6) is -0.0447. The monoisotopic (exact) mass is 524 g/mol. The van der Waals surface area contributed by atoms with E-state index in [1.807, 2.05) is 6.07 Å². The number of benzene rings is 2. The number of hydrogen-bond donors (Lipinski definition) is 0. The van der Waals surface area contributed by atoms with Crippen molar-refractivity contribution >= 4 is 34.9 Å². The van der Waals surface area contributed by atoms with Gasteiger partial charge in [0.2, 0.25) is 5.91 Å². The molecule has 2 fully saturated rings. The van der Waals surface area contributed by atoms with Crippen molar-refractivity contribution in [3.63, 3.8) is 0 Å². The number of carbonyl (C=O) groups excluding carboxylic acids is 3. The molecule has 0 aromatic heterocycles. The van der Waals surface area contributed by atoms with Crippen LogP contribution in [0, 0.1) is 5.82 Å². The minimum Gasteiger partial charge on any atom is -0.493 e. The Balaban J connectivity index is 1.53. The van der Waals surface area contributed by atoms with Crippen molar-refractivity contribution in [2.45, 2.75) is 32.3 Å². The summed E-state index contributed by atoms with van der Waals surface area (Å²) in [7, 11) is 1.52. The van der Waals surface area contributed by atoms with Gasteiger partial charge >= 0.3 is 0 Å². The van der Waals surface area contributed by atoms with Crippen LogP contribution in [-0.4, -0.2) is 53.6 Å². The average molecular weight is 525 g/mol. The van der Waals surface area contributed by atoms with Gasteiger partial charge in [-0.1, -0.05) is 18.2 Å². The first-order valence-corrected chi connectivity index (χ1v) is 12.9. The largest absolute Gasteiger partial charge is 0.493 e. The van der Waals surface area contributed by atoms with Crippen molar-refractivity contribution < 1.29 is 28.2 Å². The summed E-state index contributed by atoms with van der Waals surface area (Å²) in [6.45, 7) is 5.10. The number of methoxy groups -OCH3 is 1. The van der Waals surface area contributed by atoms with E-state index in [1.54, 1.807) is 35.3 Å². The van der Waals surface area contributed by atoms with Gasteiger partial charge in [0.1, 0.15) is 19.0 Å². The van der Waals surface area contributed by atoms with E-state index >= 15 is 0 Å². The lowest BCUT2D eigenvalue weighted by Gasteiger charge is -2.27. The fraction of sp³-hybridized carbons (Fsp3) is 0.321. The molecule has 2 aliphatic heterocycles. The molecule has 0 unspecified atom stereocenters. The third-order valence-electron chi connectivity index (χ3n) is 6.21. The molecule has 0 spiro atoms. The van der Waals surface area contributed by atoms with E-state index in [4.69, 9.17) is 9.47 Å². The van der Waals surface area contributed by atoms with Crippen LogP contribution in [0.3, 0.4) is 0 Å². The van der Waals surface area contributed by atoms with Crippen LogP contribution in [0.2, 0.25) is 0 Å². The molecule has 3 amide bonds. The predicted molar refractivity (Wildman–Crippen MR) is 141 cm³/mol. The average Bonchev–Trinajstić information content (AvgIpc) is 3.16.